The van der Waals surface area contributed by atoms with E-state index in [1.54, 1.807) is 31.7 Å². The van der Waals surface area contributed by atoms with Crippen molar-refractivity contribution in [1.82, 2.24) is 15.0 Å². The zero-order valence-electron chi connectivity index (χ0n) is 17.8. The van der Waals surface area contributed by atoms with E-state index in [-0.39, 0.29) is 5.90 Å². The zero-order chi connectivity index (χ0) is 22.3. The van der Waals surface area contributed by atoms with Crippen molar-refractivity contribution in [3.8, 4) is 28.5 Å². The number of aromatic nitrogens is 3. The fourth-order valence-corrected chi connectivity index (χ4v) is 3.22. The van der Waals surface area contributed by atoms with Crippen LogP contribution in [-0.2, 0) is 11.3 Å². The number of methoxy groups -OCH3 is 1. The number of pyridine rings is 1. The topological polar surface area (TPSA) is 106 Å². The molecule has 3 aromatic heterocycles. The Morgan fingerprint density at radius 2 is 2.00 bits per heavy atom. The molecule has 162 valence electrons. The molecular weight excluding hydrogens is 406 g/mol. The van der Waals surface area contributed by atoms with Crippen LogP contribution in [0.15, 0.2) is 71.7 Å². The van der Waals surface area contributed by atoms with Crippen molar-refractivity contribution in [3.63, 3.8) is 0 Å². The Morgan fingerprint density at radius 3 is 2.66 bits per heavy atom. The maximum atomic E-state index is 8.44. The summed E-state index contributed by atoms with van der Waals surface area (Å²) in [5.41, 5.74) is 3.58. The van der Waals surface area contributed by atoms with E-state index in [0.717, 1.165) is 16.9 Å². The largest absolute Gasteiger partial charge is 0.497 e. The molecule has 0 saturated carbocycles. The minimum Gasteiger partial charge on any atom is -0.497 e. The Kier molecular flexibility index (Phi) is 6.41. The predicted molar refractivity (Wildman–Crippen MR) is 122 cm³/mol. The molecule has 0 spiro atoms. The molecule has 0 fully saturated rings. The summed E-state index contributed by atoms with van der Waals surface area (Å²) in [5, 5.41) is 11.8. The fraction of sp³-hybridized carbons (Fsp3) is 0.167. The Balaban J connectivity index is 1.78. The van der Waals surface area contributed by atoms with E-state index in [1.807, 2.05) is 43.3 Å². The Hall–Kier alpha value is -4.20. The smallest absolute Gasteiger partial charge is 0.217 e. The number of hydrogen-bond donors (Lipinski definition) is 2. The minimum absolute atomic E-state index is 0.0264. The Morgan fingerprint density at radius 1 is 1.16 bits per heavy atom. The monoisotopic (exact) mass is 429 g/mol. The molecule has 8 nitrogen and oxygen atoms in total. The van der Waals surface area contributed by atoms with Crippen LogP contribution in [0.2, 0.25) is 0 Å². The van der Waals surface area contributed by atoms with Gasteiger partial charge in [-0.2, -0.15) is 0 Å². The normalized spacial score (nSPS) is 10.6. The third kappa shape index (κ3) is 4.59. The molecular formula is C24H23N5O3. The Labute approximate surface area is 185 Å². The maximum absolute atomic E-state index is 8.44. The fourth-order valence-electron chi connectivity index (χ4n) is 3.22. The second kappa shape index (κ2) is 9.74. The zero-order valence-corrected chi connectivity index (χ0v) is 17.8. The van der Waals surface area contributed by atoms with Gasteiger partial charge in [0.25, 0.3) is 0 Å². The van der Waals surface area contributed by atoms with Gasteiger partial charge in [-0.3, -0.25) is 5.41 Å². The lowest BCUT2D eigenvalue weighted by Crippen LogP contribution is -2.13. The first-order valence-corrected chi connectivity index (χ1v) is 10.1. The molecule has 0 aliphatic heterocycles. The van der Waals surface area contributed by atoms with E-state index in [0.29, 0.717) is 41.7 Å². The average Bonchev–Trinajstić information content (AvgIpc) is 3.38. The van der Waals surface area contributed by atoms with Crippen LogP contribution < -0.4 is 10.1 Å². The Bertz CT molecular complexity index is 1180. The van der Waals surface area contributed by atoms with Gasteiger partial charge in [0.05, 0.1) is 31.2 Å². The van der Waals surface area contributed by atoms with Gasteiger partial charge in [0, 0.05) is 18.3 Å². The lowest BCUT2D eigenvalue weighted by Gasteiger charge is -2.16. The van der Waals surface area contributed by atoms with Crippen LogP contribution in [0.4, 0.5) is 5.82 Å². The SMILES string of the molecule is CCOC(=N)c1cc(-c2ccncn2)c(-c2ccco2)nc1NCc1ccc(OC)cc1. The summed E-state index contributed by atoms with van der Waals surface area (Å²) >= 11 is 0. The van der Waals surface area contributed by atoms with Gasteiger partial charge in [0.15, 0.2) is 5.76 Å². The molecule has 0 bridgehead atoms. The average molecular weight is 429 g/mol. The molecule has 0 unspecified atom stereocenters. The molecule has 0 aliphatic rings. The van der Waals surface area contributed by atoms with Gasteiger partial charge in [-0.1, -0.05) is 12.1 Å². The van der Waals surface area contributed by atoms with Gasteiger partial charge in [0.2, 0.25) is 5.90 Å². The number of nitrogens with one attached hydrogen (secondary N) is 2. The van der Waals surface area contributed by atoms with Crippen molar-refractivity contribution >= 4 is 11.7 Å². The third-order valence-corrected chi connectivity index (χ3v) is 4.79. The molecule has 4 aromatic rings. The first kappa shape index (κ1) is 21.0. The van der Waals surface area contributed by atoms with E-state index >= 15 is 0 Å². The number of hydrogen-bond acceptors (Lipinski definition) is 8. The molecule has 1 aromatic carbocycles. The molecule has 3 heterocycles. The van der Waals surface area contributed by atoms with Crippen molar-refractivity contribution in [2.75, 3.05) is 19.0 Å². The van der Waals surface area contributed by atoms with Crippen molar-refractivity contribution in [1.29, 1.82) is 5.41 Å². The van der Waals surface area contributed by atoms with Crippen molar-refractivity contribution in [3.05, 3.63) is 78.4 Å². The molecule has 2 N–H and O–H groups in total. The summed E-state index contributed by atoms with van der Waals surface area (Å²) in [5.74, 6) is 1.93. The molecule has 8 heteroatoms. The van der Waals surface area contributed by atoms with Gasteiger partial charge in [-0.25, -0.2) is 15.0 Å². The van der Waals surface area contributed by atoms with Gasteiger partial charge in [-0.15, -0.1) is 0 Å². The van der Waals surface area contributed by atoms with Crippen LogP contribution in [0.1, 0.15) is 18.1 Å². The summed E-state index contributed by atoms with van der Waals surface area (Å²) in [7, 11) is 1.64. The predicted octanol–water partition coefficient (Wildman–Crippen LogP) is 4.78. The lowest BCUT2D eigenvalue weighted by molar-refractivity contribution is 0.326. The molecule has 0 atom stereocenters. The van der Waals surface area contributed by atoms with Crippen LogP contribution in [0.25, 0.3) is 22.7 Å². The van der Waals surface area contributed by atoms with Crippen LogP contribution >= 0.6 is 0 Å². The number of nitrogens with zero attached hydrogens (tertiary/aromatic N) is 3. The number of anilines is 1. The molecule has 4 rings (SSSR count). The summed E-state index contributed by atoms with van der Waals surface area (Å²) in [4.78, 5) is 13.2. The number of furan rings is 1. The number of ether oxygens (including phenoxy) is 2. The molecule has 0 radical (unpaired) electrons. The van der Waals surface area contributed by atoms with Gasteiger partial charge in [0.1, 0.15) is 23.6 Å². The quantitative estimate of drug-likeness (QED) is 0.307. The molecule has 0 aliphatic carbocycles. The van der Waals surface area contributed by atoms with Crippen LogP contribution in [-0.4, -0.2) is 34.6 Å². The molecule has 0 saturated heterocycles. The maximum Gasteiger partial charge on any atom is 0.217 e. The van der Waals surface area contributed by atoms with Gasteiger partial charge in [-0.05, 0) is 48.9 Å². The highest BCUT2D eigenvalue weighted by Gasteiger charge is 2.20. The standard InChI is InChI=1S/C24H23N5O3/c1-3-31-23(25)19-13-18(20-10-11-26-15-28-20)22(21-5-4-12-32-21)29-24(19)27-14-16-6-8-17(30-2)9-7-16/h4-13,15,25H,3,14H2,1-2H3,(H,27,29). The van der Waals surface area contributed by atoms with E-state index in [2.05, 4.69) is 15.3 Å². The summed E-state index contributed by atoms with van der Waals surface area (Å²) in [6.45, 7) is 2.72. The van der Waals surface area contributed by atoms with Crippen molar-refractivity contribution in [2.45, 2.75) is 13.5 Å². The van der Waals surface area contributed by atoms with Gasteiger partial charge < -0.3 is 19.2 Å². The van der Waals surface area contributed by atoms with E-state index in [9.17, 15) is 0 Å². The van der Waals surface area contributed by atoms with Gasteiger partial charge >= 0.3 is 0 Å². The highest BCUT2D eigenvalue weighted by molar-refractivity contribution is 5.99. The van der Waals surface area contributed by atoms with E-state index in [1.165, 1.54) is 6.33 Å². The lowest BCUT2D eigenvalue weighted by atomic mass is 10.0. The second-order valence-corrected chi connectivity index (χ2v) is 6.82. The molecule has 0 amide bonds. The van der Waals surface area contributed by atoms with Crippen LogP contribution in [0.3, 0.4) is 0 Å². The van der Waals surface area contributed by atoms with Crippen molar-refractivity contribution in [2.24, 2.45) is 0 Å². The first-order chi connectivity index (χ1) is 15.7. The summed E-state index contributed by atoms with van der Waals surface area (Å²) in [6, 6.07) is 15.0. The van der Waals surface area contributed by atoms with Crippen LogP contribution in [0, 0.1) is 5.41 Å². The van der Waals surface area contributed by atoms with E-state index in [4.69, 9.17) is 24.3 Å². The number of benzene rings is 1. The summed E-state index contributed by atoms with van der Waals surface area (Å²) in [6.07, 6.45) is 4.74. The summed E-state index contributed by atoms with van der Waals surface area (Å²) < 4.78 is 16.4. The highest BCUT2D eigenvalue weighted by atomic mass is 16.5. The third-order valence-electron chi connectivity index (χ3n) is 4.79. The first-order valence-electron chi connectivity index (χ1n) is 10.1. The second-order valence-electron chi connectivity index (χ2n) is 6.82. The van der Waals surface area contributed by atoms with Crippen LogP contribution in [0.5, 0.6) is 5.75 Å². The van der Waals surface area contributed by atoms with Crippen molar-refractivity contribution < 1.29 is 13.9 Å². The number of rotatable bonds is 8. The minimum atomic E-state index is 0.0264. The molecule has 32 heavy (non-hydrogen) atoms. The van der Waals surface area contributed by atoms with E-state index < -0.39 is 0 Å². The highest BCUT2D eigenvalue weighted by Crippen LogP contribution is 2.33.